The van der Waals surface area contributed by atoms with Crippen molar-refractivity contribution in [3.63, 3.8) is 0 Å². The Hall–Kier alpha value is -0.200. The molecule has 0 radical (unpaired) electrons. The molecule has 2 fully saturated rings. The summed E-state index contributed by atoms with van der Waals surface area (Å²) in [6.07, 6.45) is 2.35. The minimum atomic E-state index is -0.208. The highest BCUT2D eigenvalue weighted by molar-refractivity contribution is 4.83. The average molecular weight is 270 g/mol. The molecule has 0 aliphatic carbocycles. The summed E-state index contributed by atoms with van der Waals surface area (Å²) < 4.78 is 0. The van der Waals surface area contributed by atoms with E-state index in [1.54, 1.807) is 0 Å². The maximum absolute atomic E-state index is 10.3. The molecule has 5 nitrogen and oxygen atoms in total. The molecule has 0 aromatic carbocycles. The third-order valence-electron chi connectivity index (χ3n) is 4.20. The van der Waals surface area contributed by atoms with Crippen LogP contribution in [0.2, 0.25) is 0 Å². The number of likely N-dealkylation sites (tertiary alicyclic amines) is 1. The summed E-state index contributed by atoms with van der Waals surface area (Å²) in [7, 11) is 4.27. The molecule has 5 heteroatoms. The van der Waals surface area contributed by atoms with Crippen molar-refractivity contribution in [2.45, 2.75) is 25.0 Å². The molecule has 112 valence electrons. The predicted octanol–water partition coefficient (Wildman–Crippen LogP) is -0.721. The largest absolute Gasteiger partial charge is 0.390 e. The molecule has 2 rings (SSSR count). The molecule has 2 saturated heterocycles. The zero-order chi connectivity index (χ0) is 13.7. The van der Waals surface area contributed by atoms with Gasteiger partial charge in [-0.1, -0.05) is 0 Å². The molecule has 0 aromatic heterocycles. The number of aliphatic hydroxyl groups excluding tert-OH is 1. The van der Waals surface area contributed by atoms with Gasteiger partial charge in [0, 0.05) is 51.9 Å². The molecular formula is C14H30N4O. The lowest BCUT2D eigenvalue weighted by Crippen LogP contribution is -2.49. The first-order valence-corrected chi connectivity index (χ1v) is 7.65. The van der Waals surface area contributed by atoms with Gasteiger partial charge in [-0.05, 0) is 33.5 Å². The molecule has 2 aliphatic rings. The van der Waals surface area contributed by atoms with E-state index in [-0.39, 0.29) is 6.10 Å². The van der Waals surface area contributed by atoms with Crippen LogP contribution >= 0.6 is 0 Å². The molecule has 0 saturated carbocycles. The molecule has 0 bridgehead atoms. The van der Waals surface area contributed by atoms with Gasteiger partial charge in [-0.2, -0.15) is 0 Å². The zero-order valence-corrected chi connectivity index (χ0v) is 12.5. The summed E-state index contributed by atoms with van der Waals surface area (Å²) in [4.78, 5) is 7.11. The SMILES string of the molecule is CN(C)CC1CCCN1CC(O)CN1CCNCC1. The highest BCUT2D eigenvalue weighted by Crippen LogP contribution is 2.18. The Labute approximate surface area is 117 Å². The lowest BCUT2D eigenvalue weighted by atomic mass is 10.2. The fraction of sp³-hybridized carbons (Fsp3) is 1.00. The van der Waals surface area contributed by atoms with Crippen LogP contribution < -0.4 is 5.32 Å². The Morgan fingerprint density at radius 1 is 1.21 bits per heavy atom. The van der Waals surface area contributed by atoms with E-state index in [9.17, 15) is 5.11 Å². The van der Waals surface area contributed by atoms with Crippen LogP contribution in [0.25, 0.3) is 0 Å². The summed E-state index contributed by atoms with van der Waals surface area (Å²) in [5.74, 6) is 0. The van der Waals surface area contributed by atoms with Gasteiger partial charge in [0.2, 0.25) is 0 Å². The third-order valence-corrected chi connectivity index (χ3v) is 4.20. The van der Waals surface area contributed by atoms with Crippen LogP contribution in [0.1, 0.15) is 12.8 Å². The van der Waals surface area contributed by atoms with Crippen LogP contribution in [-0.2, 0) is 0 Å². The topological polar surface area (TPSA) is 42.0 Å². The Kier molecular flexibility index (Phi) is 6.04. The lowest BCUT2D eigenvalue weighted by Gasteiger charge is -2.32. The number of β-amino-alcohol motifs (C(OH)–C–C–N with tert-alkyl or cyclic N) is 1. The molecule has 2 heterocycles. The van der Waals surface area contributed by atoms with Crippen molar-refractivity contribution in [3.05, 3.63) is 0 Å². The molecule has 2 aliphatic heterocycles. The molecule has 0 aromatic rings. The van der Waals surface area contributed by atoms with Crippen LogP contribution in [0.4, 0.5) is 0 Å². The highest BCUT2D eigenvalue weighted by Gasteiger charge is 2.27. The maximum Gasteiger partial charge on any atom is 0.0793 e. The maximum atomic E-state index is 10.3. The third kappa shape index (κ3) is 5.00. The van der Waals surface area contributed by atoms with Gasteiger partial charge in [0.05, 0.1) is 6.10 Å². The number of aliphatic hydroxyl groups is 1. The average Bonchev–Trinajstić information content (AvgIpc) is 2.77. The number of nitrogens with one attached hydrogen (secondary N) is 1. The van der Waals surface area contributed by atoms with Gasteiger partial charge in [-0.25, -0.2) is 0 Å². The minimum absolute atomic E-state index is 0.208. The summed E-state index contributed by atoms with van der Waals surface area (Å²) in [6.45, 7) is 8.17. The number of piperazine rings is 1. The molecule has 0 spiro atoms. The number of hydrogen-bond acceptors (Lipinski definition) is 5. The number of hydrogen-bond donors (Lipinski definition) is 2. The first kappa shape index (κ1) is 15.2. The molecule has 2 atom stereocenters. The zero-order valence-electron chi connectivity index (χ0n) is 12.5. The van der Waals surface area contributed by atoms with Gasteiger partial charge in [0.25, 0.3) is 0 Å². The van der Waals surface area contributed by atoms with Crippen LogP contribution in [0, 0.1) is 0 Å². The second-order valence-electron chi connectivity index (χ2n) is 6.26. The highest BCUT2D eigenvalue weighted by atomic mass is 16.3. The minimum Gasteiger partial charge on any atom is -0.390 e. The summed E-state index contributed by atoms with van der Waals surface area (Å²) >= 11 is 0. The van der Waals surface area contributed by atoms with Crippen molar-refractivity contribution in [2.75, 3.05) is 66.5 Å². The normalized spacial score (nSPS) is 28.1. The van der Waals surface area contributed by atoms with Crippen molar-refractivity contribution in [3.8, 4) is 0 Å². The Morgan fingerprint density at radius 2 is 1.95 bits per heavy atom. The number of nitrogens with zero attached hydrogens (tertiary/aromatic N) is 3. The fourth-order valence-corrected chi connectivity index (χ4v) is 3.28. The van der Waals surface area contributed by atoms with E-state index in [1.807, 2.05) is 0 Å². The number of likely N-dealkylation sites (N-methyl/N-ethyl adjacent to an activating group) is 1. The van der Waals surface area contributed by atoms with Crippen molar-refractivity contribution in [1.82, 2.24) is 20.0 Å². The second-order valence-corrected chi connectivity index (χ2v) is 6.26. The van der Waals surface area contributed by atoms with E-state index in [2.05, 4.69) is 34.1 Å². The molecule has 0 amide bonds. The molecular weight excluding hydrogens is 240 g/mol. The van der Waals surface area contributed by atoms with Crippen LogP contribution in [0.15, 0.2) is 0 Å². The van der Waals surface area contributed by atoms with E-state index in [0.29, 0.717) is 6.04 Å². The van der Waals surface area contributed by atoms with Crippen LogP contribution in [0.3, 0.4) is 0 Å². The summed E-state index contributed by atoms with van der Waals surface area (Å²) in [6, 6.07) is 0.632. The van der Waals surface area contributed by atoms with Gasteiger partial charge >= 0.3 is 0 Å². The van der Waals surface area contributed by atoms with Gasteiger partial charge in [0.1, 0.15) is 0 Å². The van der Waals surface area contributed by atoms with Gasteiger partial charge in [0.15, 0.2) is 0 Å². The molecule has 2 N–H and O–H groups in total. The van der Waals surface area contributed by atoms with Crippen molar-refractivity contribution >= 4 is 0 Å². The predicted molar refractivity (Wildman–Crippen MR) is 78.5 cm³/mol. The fourth-order valence-electron chi connectivity index (χ4n) is 3.28. The van der Waals surface area contributed by atoms with Crippen LogP contribution in [-0.4, -0.2) is 98.4 Å². The van der Waals surface area contributed by atoms with Crippen molar-refractivity contribution < 1.29 is 5.11 Å². The number of rotatable bonds is 6. The van der Waals surface area contributed by atoms with Crippen molar-refractivity contribution in [1.29, 1.82) is 0 Å². The van der Waals surface area contributed by atoms with Gasteiger partial charge < -0.3 is 15.3 Å². The van der Waals surface area contributed by atoms with Gasteiger partial charge in [-0.15, -0.1) is 0 Å². The standard InChI is InChI=1S/C14H30N4O/c1-16(2)10-13-4-3-7-18(13)12-14(19)11-17-8-5-15-6-9-17/h13-15,19H,3-12H2,1-2H3. The smallest absolute Gasteiger partial charge is 0.0793 e. The molecule has 2 unspecified atom stereocenters. The van der Waals surface area contributed by atoms with E-state index in [4.69, 9.17) is 0 Å². The lowest BCUT2D eigenvalue weighted by molar-refractivity contribution is 0.0615. The van der Waals surface area contributed by atoms with Crippen LogP contribution in [0.5, 0.6) is 0 Å². The van der Waals surface area contributed by atoms with Crippen molar-refractivity contribution in [2.24, 2.45) is 0 Å². The summed E-state index contributed by atoms with van der Waals surface area (Å²) in [5, 5.41) is 13.6. The first-order chi connectivity index (χ1) is 9.15. The Bertz CT molecular complexity index is 256. The second kappa shape index (κ2) is 7.55. The monoisotopic (exact) mass is 270 g/mol. The Balaban J connectivity index is 1.72. The van der Waals surface area contributed by atoms with E-state index in [1.165, 1.54) is 12.8 Å². The quantitative estimate of drug-likeness (QED) is 0.667. The molecule has 19 heavy (non-hydrogen) atoms. The first-order valence-electron chi connectivity index (χ1n) is 7.65. The van der Waals surface area contributed by atoms with E-state index >= 15 is 0 Å². The van der Waals surface area contributed by atoms with E-state index < -0.39 is 0 Å². The van der Waals surface area contributed by atoms with E-state index in [0.717, 1.165) is 52.4 Å². The van der Waals surface area contributed by atoms with Gasteiger partial charge in [-0.3, -0.25) is 9.80 Å². The Morgan fingerprint density at radius 3 is 2.63 bits per heavy atom. The summed E-state index contributed by atoms with van der Waals surface area (Å²) in [5.41, 5.74) is 0.